The number of Topliss-reactive ketones (excluding diaryl/α,β-unsaturated/α-hetero) is 1. The van der Waals surface area contributed by atoms with Crippen LogP contribution < -0.4 is 0 Å². The molecule has 0 unspecified atom stereocenters. The maximum atomic E-state index is 14.7. The van der Waals surface area contributed by atoms with E-state index in [0.29, 0.717) is 0 Å². The van der Waals surface area contributed by atoms with Crippen molar-refractivity contribution in [2.75, 3.05) is 6.61 Å². The predicted molar refractivity (Wildman–Crippen MR) is 148 cm³/mol. The fraction of sp³-hybridized carbons (Fsp3) is 0.613. The molecule has 0 aliphatic heterocycles. The lowest BCUT2D eigenvalue weighted by atomic mass is 9.45. The molecule has 1 aromatic rings. The van der Waals surface area contributed by atoms with Gasteiger partial charge in [0, 0.05) is 38.0 Å². The van der Waals surface area contributed by atoms with Crippen molar-refractivity contribution in [2.24, 2.45) is 16.7 Å². The Labute approximate surface area is 249 Å². The van der Waals surface area contributed by atoms with E-state index in [1.165, 1.54) is 39.8 Å². The highest BCUT2D eigenvalue weighted by atomic mass is 16.6. The van der Waals surface area contributed by atoms with Crippen molar-refractivity contribution in [3.05, 3.63) is 47.0 Å². The molecule has 2 bridgehead atoms. The summed E-state index contributed by atoms with van der Waals surface area (Å²) < 4.78 is 16.7. The number of carbonyl (C=O) groups excluding carboxylic acids is 4. The van der Waals surface area contributed by atoms with Crippen LogP contribution >= 0.6 is 0 Å². The van der Waals surface area contributed by atoms with Gasteiger partial charge in [-0.2, -0.15) is 0 Å². The number of esters is 3. The van der Waals surface area contributed by atoms with Crippen LogP contribution in [0.2, 0.25) is 0 Å². The van der Waals surface area contributed by atoms with E-state index < -0.39 is 102 Å². The number of benzene rings is 1. The van der Waals surface area contributed by atoms with Crippen molar-refractivity contribution in [3.8, 4) is 0 Å². The van der Waals surface area contributed by atoms with Gasteiger partial charge in [0.2, 0.25) is 0 Å². The molecule has 0 saturated heterocycles. The van der Waals surface area contributed by atoms with Crippen molar-refractivity contribution in [1.82, 2.24) is 0 Å². The van der Waals surface area contributed by atoms with E-state index in [9.17, 15) is 44.7 Å². The van der Waals surface area contributed by atoms with Crippen molar-refractivity contribution in [3.63, 3.8) is 0 Å². The van der Waals surface area contributed by atoms with Crippen molar-refractivity contribution >= 4 is 23.7 Å². The van der Waals surface area contributed by atoms with Gasteiger partial charge in [-0.15, -0.1) is 0 Å². The minimum Gasteiger partial charge on any atom is -0.463 e. The number of hydrogen-bond donors (Lipinski definition) is 5. The molecule has 3 aliphatic rings. The van der Waals surface area contributed by atoms with E-state index in [2.05, 4.69) is 0 Å². The zero-order chi connectivity index (χ0) is 32.3. The molecule has 4 rings (SSSR count). The SMILES string of the molecule is CC(=O)OC[C@@]1(O)[C@H]2[C@H](OC(=O)c3ccccc3)[C@]3(O)C[C@H](O)C(C)=C([C@@H](OC(C)=O)C(=O)[C@]2(C)[C@@H](O)C[C@@H]1O)C3(C)C. The Balaban J connectivity index is 2.10. The van der Waals surface area contributed by atoms with Gasteiger partial charge >= 0.3 is 17.9 Å². The summed E-state index contributed by atoms with van der Waals surface area (Å²) in [4.78, 5) is 52.6. The van der Waals surface area contributed by atoms with Crippen molar-refractivity contribution in [2.45, 2.75) is 96.1 Å². The van der Waals surface area contributed by atoms with Crippen LogP contribution in [0.25, 0.3) is 0 Å². The Morgan fingerprint density at radius 1 is 0.930 bits per heavy atom. The van der Waals surface area contributed by atoms with Gasteiger partial charge in [-0.25, -0.2) is 4.79 Å². The maximum Gasteiger partial charge on any atom is 0.338 e. The summed E-state index contributed by atoms with van der Waals surface area (Å²) in [5, 5.41) is 59.0. The predicted octanol–water partition coefficient (Wildman–Crippen LogP) is 0.607. The number of rotatable bonds is 5. The summed E-state index contributed by atoms with van der Waals surface area (Å²) in [5.41, 5.74) is -8.29. The molecule has 1 aromatic carbocycles. The highest BCUT2D eigenvalue weighted by molar-refractivity contribution is 5.95. The number of aliphatic hydroxyl groups excluding tert-OH is 3. The summed E-state index contributed by atoms with van der Waals surface area (Å²) in [7, 11) is 0. The highest BCUT2D eigenvalue weighted by Gasteiger charge is 2.74. The van der Waals surface area contributed by atoms with Crippen LogP contribution in [0.1, 0.15) is 64.7 Å². The number of carbonyl (C=O) groups is 4. The molecule has 9 atom stereocenters. The lowest BCUT2D eigenvalue weighted by Crippen LogP contribution is -2.78. The van der Waals surface area contributed by atoms with Crippen LogP contribution in [-0.4, -0.2) is 97.6 Å². The monoisotopic (exact) mass is 604 g/mol. The average molecular weight is 605 g/mol. The number of fused-ring (bicyclic) bond motifs is 3. The Morgan fingerprint density at radius 3 is 2.09 bits per heavy atom. The average Bonchev–Trinajstić information content (AvgIpc) is 2.92. The van der Waals surface area contributed by atoms with Gasteiger partial charge in [-0.05, 0) is 37.1 Å². The van der Waals surface area contributed by atoms with Crippen molar-refractivity contribution < 1.29 is 58.9 Å². The van der Waals surface area contributed by atoms with Gasteiger partial charge in [-0.1, -0.05) is 32.0 Å². The van der Waals surface area contributed by atoms with E-state index >= 15 is 0 Å². The van der Waals surface area contributed by atoms with Crippen LogP contribution in [0.5, 0.6) is 0 Å². The summed E-state index contributed by atoms with van der Waals surface area (Å²) in [6.07, 6.45) is -9.66. The molecule has 2 fully saturated rings. The van der Waals surface area contributed by atoms with Crippen LogP contribution in [-0.2, 0) is 28.6 Å². The molecule has 0 heterocycles. The first-order valence-corrected chi connectivity index (χ1v) is 14.1. The third kappa shape index (κ3) is 4.98. The van der Waals surface area contributed by atoms with Gasteiger partial charge in [0.25, 0.3) is 0 Å². The molecule has 12 heteroatoms. The second-order valence-corrected chi connectivity index (χ2v) is 12.7. The van der Waals surface area contributed by atoms with E-state index in [1.807, 2.05) is 0 Å². The molecular weight excluding hydrogens is 564 g/mol. The van der Waals surface area contributed by atoms with Crippen molar-refractivity contribution in [1.29, 1.82) is 0 Å². The zero-order valence-electron chi connectivity index (χ0n) is 25.1. The standard InChI is InChI=1S/C31H40O12/c1-15-19(34)13-31(40)26(43-27(38)18-10-8-7-9-11-18)24-29(6,20(35)12-21(36)30(24,39)14-41-16(2)32)25(37)23(42-17(3)33)22(15)28(31,4)5/h7-11,19-21,23-24,26,34-36,39-40H,12-14H2,1-6H3/t19-,20-,21-,23+,24-,26-,29+,30-,31+/m0/s1. The first-order valence-electron chi connectivity index (χ1n) is 14.1. The number of hydrogen-bond acceptors (Lipinski definition) is 12. The molecule has 3 aliphatic carbocycles. The smallest absolute Gasteiger partial charge is 0.338 e. The first-order chi connectivity index (χ1) is 19.8. The van der Waals surface area contributed by atoms with Gasteiger partial charge in [0.05, 0.1) is 29.3 Å². The molecule has 0 aromatic heterocycles. The summed E-state index contributed by atoms with van der Waals surface area (Å²) in [6, 6.07) is 7.71. The van der Waals surface area contributed by atoms with Gasteiger partial charge in [0.15, 0.2) is 11.9 Å². The second-order valence-electron chi connectivity index (χ2n) is 12.7. The largest absolute Gasteiger partial charge is 0.463 e. The lowest BCUT2D eigenvalue weighted by molar-refractivity contribution is -0.286. The molecule has 0 radical (unpaired) electrons. The van der Waals surface area contributed by atoms with Crippen LogP contribution in [0.15, 0.2) is 41.5 Å². The Bertz CT molecular complexity index is 1340. The zero-order valence-corrected chi connectivity index (χ0v) is 25.1. The van der Waals surface area contributed by atoms with Gasteiger partial charge in [-0.3, -0.25) is 14.4 Å². The van der Waals surface area contributed by atoms with E-state index in [1.54, 1.807) is 18.2 Å². The Kier molecular flexibility index (Phi) is 8.44. The molecular formula is C31H40O12. The normalized spacial score (nSPS) is 38.7. The van der Waals surface area contributed by atoms with E-state index in [4.69, 9.17) is 14.2 Å². The fourth-order valence-electron chi connectivity index (χ4n) is 7.40. The van der Waals surface area contributed by atoms with E-state index in [0.717, 1.165) is 13.8 Å². The fourth-order valence-corrected chi connectivity index (χ4v) is 7.40. The number of aliphatic hydroxyl groups is 5. The summed E-state index contributed by atoms with van der Waals surface area (Å²) >= 11 is 0. The third-order valence-corrected chi connectivity index (χ3v) is 9.92. The summed E-state index contributed by atoms with van der Waals surface area (Å²) in [6.45, 7) is 7.06. The number of ketones is 1. The lowest BCUT2D eigenvalue weighted by Gasteiger charge is -2.64. The minimum absolute atomic E-state index is 0.0521. The minimum atomic E-state index is -2.58. The van der Waals surface area contributed by atoms with Crippen LogP contribution in [0.3, 0.4) is 0 Å². The van der Waals surface area contributed by atoms with Crippen LogP contribution in [0.4, 0.5) is 0 Å². The molecule has 5 N–H and O–H groups in total. The van der Waals surface area contributed by atoms with Crippen LogP contribution in [0, 0.1) is 16.7 Å². The quantitative estimate of drug-likeness (QED) is 0.179. The third-order valence-electron chi connectivity index (χ3n) is 9.92. The number of ether oxygens (including phenoxy) is 3. The molecule has 236 valence electrons. The second kappa shape index (κ2) is 11.1. The molecule has 12 nitrogen and oxygen atoms in total. The van der Waals surface area contributed by atoms with Gasteiger partial charge in [0.1, 0.15) is 23.9 Å². The first kappa shape index (κ1) is 32.7. The molecule has 43 heavy (non-hydrogen) atoms. The Morgan fingerprint density at radius 2 is 1.53 bits per heavy atom. The maximum absolute atomic E-state index is 14.7. The topological polar surface area (TPSA) is 197 Å². The molecule has 2 saturated carbocycles. The molecule has 0 spiro atoms. The van der Waals surface area contributed by atoms with Gasteiger partial charge < -0.3 is 39.7 Å². The van der Waals surface area contributed by atoms with E-state index in [-0.39, 0.29) is 16.7 Å². The Hall–Kier alpha value is -3.16. The highest BCUT2D eigenvalue weighted by Crippen LogP contribution is 2.61. The molecule has 0 amide bonds. The summed E-state index contributed by atoms with van der Waals surface area (Å²) in [5.74, 6) is -5.45.